The fraction of sp³-hybridized carbons (Fsp3) is 0.667. The van der Waals surface area contributed by atoms with Crippen LogP contribution in [-0.4, -0.2) is 5.33 Å². The van der Waals surface area contributed by atoms with E-state index in [-0.39, 0.29) is 0 Å². The van der Waals surface area contributed by atoms with Crippen molar-refractivity contribution in [2.45, 2.75) is 20.8 Å². The molecule has 0 aromatic heterocycles. The van der Waals surface area contributed by atoms with Gasteiger partial charge >= 0.3 is 0 Å². The van der Waals surface area contributed by atoms with Crippen molar-refractivity contribution in [3.63, 3.8) is 0 Å². The minimum Gasteiger partial charge on any atom is -0.0931 e. The van der Waals surface area contributed by atoms with E-state index in [4.69, 9.17) is 11.6 Å². The van der Waals surface area contributed by atoms with Crippen LogP contribution in [-0.2, 0) is 0 Å². The first-order valence-electron chi connectivity index (χ1n) is 2.48. The Morgan fingerprint density at radius 2 is 1.75 bits per heavy atom. The summed E-state index contributed by atoms with van der Waals surface area (Å²) in [6.45, 7) is 5.94. The van der Waals surface area contributed by atoms with Gasteiger partial charge in [0.15, 0.2) is 0 Å². The largest absolute Gasteiger partial charge is 0.0931 e. The Bertz CT molecular complexity index is 55.5. The van der Waals surface area contributed by atoms with Crippen LogP contribution in [0.1, 0.15) is 20.8 Å². The summed E-state index contributed by atoms with van der Waals surface area (Å²) in [6, 6.07) is 0. The highest BCUT2D eigenvalue weighted by atomic mass is 79.9. The second-order valence-corrected chi connectivity index (χ2v) is 2.79. The lowest BCUT2D eigenvalue weighted by molar-refractivity contribution is 1.41. The molecule has 0 aliphatic rings. The molecule has 0 atom stereocenters. The monoisotopic (exact) mass is 198 g/mol. The highest BCUT2D eigenvalue weighted by Crippen LogP contribution is 1.88. The zero-order chi connectivity index (χ0) is 6.99. The van der Waals surface area contributed by atoms with E-state index < -0.39 is 0 Å². The Kier molecular flexibility index (Phi) is 14.8. The highest BCUT2D eigenvalue weighted by Gasteiger charge is 1.62. The van der Waals surface area contributed by atoms with Crippen molar-refractivity contribution in [3.05, 3.63) is 11.1 Å². The second kappa shape index (κ2) is 10.5. The molecule has 0 N–H and O–H groups in total. The molecule has 0 radical (unpaired) electrons. The summed E-state index contributed by atoms with van der Waals surface area (Å²) >= 11 is 8.32. The van der Waals surface area contributed by atoms with Gasteiger partial charge in [-0.25, -0.2) is 0 Å². The maximum Gasteiger partial charge on any atom is 0.00288 e. The number of rotatable bonds is 0. The van der Waals surface area contributed by atoms with Crippen molar-refractivity contribution in [3.8, 4) is 0 Å². The molecule has 0 fully saturated rings. The van der Waals surface area contributed by atoms with Crippen molar-refractivity contribution in [2.75, 3.05) is 5.33 Å². The number of alkyl halides is 1. The van der Waals surface area contributed by atoms with Gasteiger partial charge in [0.25, 0.3) is 0 Å². The first-order chi connectivity index (χ1) is 3.68. The van der Waals surface area contributed by atoms with Crippen LogP contribution in [0.25, 0.3) is 0 Å². The Balaban J connectivity index is 0. The predicted molar refractivity (Wildman–Crippen MR) is 44.8 cm³/mol. The van der Waals surface area contributed by atoms with E-state index in [2.05, 4.69) is 15.9 Å². The van der Waals surface area contributed by atoms with Crippen molar-refractivity contribution < 1.29 is 0 Å². The van der Waals surface area contributed by atoms with Gasteiger partial charge in [0.1, 0.15) is 0 Å². The minimum atomic E-state index is 1.06. The molecule has 0 saturated heterocycles. The molecule has 0 aliphatic carbocycles. The molecular formula is C6H12BrCl. The smallest absolute Gasteiger partial charge is 0.00288 e. The standard InChI is InChI=1S/C4H7Cl.C2H5Br/c1-4(2)3-5;1-2-3/h3H,1-2H3;2H2,1H3. The van der Waals surface area contributed by atoms with Crippen LogP contribution >= 0.6 is 27.5 Å². The second-order valence-electron chi connectivity index (χ2n) is 1.45. The van der Waals surface area contributed by atoms with Crippen LogP contribution in [0.15, 0.2) is 11.1 Å². The molecule has 0 unspecified atom stereocenters. The predicted octanol–water partition coefficient (Wildman–Crippen LogP) is 3.55. The van der Waals surface area contributed by atoms with Crippen LogP contribution in [0.5, 0.6) is 0 Å². The molecular weight excluding hydrogens is 187 g/mol. The van der Waals surface area contributed by atoms with E-state index in [0.29, 0.717) is 0 Å². The topological polar surface area (TPSA) is 0 Å². The average Bonchev–Trinajstić information content (AvgIpc) is 1.69. The lowest BCUT2D eigenvalue weighted by atomic mass is 10.4. The third kappa shape index (κ3) is 31.4. The SMILES string of the molecule is CC(C)=CCl.CCBr. The molecule has 0 saturated carbocycles. The van der Waals surface area contributed by atoms with E-state index >= 15 is 0 Å². The summed E-state index contributed by atoms with van der Waals surface area (Å²) in [4.78, 5) is 0. The lowest BCUT2D eigenvalue weighted by Gasteiger charge is -1.71. The first kappa shape index (κ1) is 11.3. The lowest BCUT2D eigenvalue weighted by Crippen LogP contribution is -1.49. The van der Waals surface area contributed by atoms with Gasteiger partial charge in [0, 0.05) is 10.9 Å². The van der Waals surface area contributed by atoms with Crippen molar-refractivity contribution in [1.29, 1.82) is 0 Å². The molecule has 0 aromatic carbocycles. The molecule has 0 heterocycles. The van der Waals surface area contributed by atoms with Gasteiger partial charge in [-0.15, -0.1) is 0 Å². The maximum atomic E-state index is 5.17. The summed E-state index contributed by atoms with van der Waals surface area (Å²) in [5.74, 6) is 0. The average molecular weight is 200 g/mol. The van der Waals surface area contributed by atoms with Crippen molar-refractivity contribution in [1.82, 2.24) is 0 Å². The van der Waals surface area contributed by atoms with Crippen LogP contribution in [0, 0.1) is 0 Å². The summed E-state index contributed by atoms with van der Waals surface area (Å²) in [7, 11) is 0. The summed E-state index contributed by atoms with van der Waals surface area (Å²) in [5.41, 5.74) is 2.70. The summed E-state index contributed by atoms with van der Waals surface area (Å²) < 4.78 is 0. The maximum absolute atomic E-state index is 5.17. The number of halogens is 2. The van der Waals surface area contributed by atoms with Gasteiger partial charge in [0.2, 0.25) is 0 Å². The molecule has 0 bridgehead atoms. The fourth-order valence-corrected chi connectivity index (χ4v) is 0. The molecule has 0 spiro atoms. The zero-order valence-corrected chi connectivity index (χ0v) is 7.88. The summed E-state index contributed by atoms with van der Waals surface area (Å²) in [6.07, 6.45) is 0. The minimum absolute atomic E-state index is 1.06. The van der Waals surface area contributed by atoms with E-state index in [0.717, 1.165) is 10.9 Å². The molecule has 0 rings (SSSR count). The van der Waals surface area contributed by atoms with E-state index in [1.54, 1.807) is 5.54 Å². The Hall–Kier alpha value is 0.510. The molecule has 0 aromatic rings. The molecule has 0 amide bonds. The van der Waals surface area contributed by atoms with Gasteiger partial charge in [0.05, 0.1) is 0 Å². The van der Waals surface area contributed by atoms with Gasteiger partial charge in [-0.05, 0) is 13.8 Å². The van der Waals surface area contributed by atoms with Gasteiger partial charge in [-0.2, -0.15) is 0 Å². The van der Waals surface area contributed by atoms with E-state index in [1.165, 1.54) is 0 Å². The first-order valence-corrected chi connectivity index (χ1v) is 4.04. The van der Waals surface area contributed by atoms with Crippen LogP contribution in [0.2, 0.25) is 0 Å². The molecule has 2 heteroatoms. The fourth-order valence-electron chi connectivity index (χ4n) is 0. The van der Waals surface area contributed by atoms with Gasteiger partial charge < -0.3 is 0 Å². The van der Waals surface area contributed by atoms with Gasteiger partial charge in [-0.1, -0.05) is 40.0 Å². The normalized spacial score (nSPS) is 6.62. The third-order valence-corrected chi connectivity index (χ3v) is 0.655. The van der Waals surface area contributed by atoms with Gasteiger partial charge in [-0.3, -0.25) is 0 Å². The Morgan fingerprint density at radius 1 is 1.62 bits per heavy atom. The molecule has 8 heavy (non-hydrogen) atoms. The third-order valence-electron chi connectivity index (χ3n) is 0.218. The van der Waals surface area contributed by atoms with Crippen LogP contribution in [0.4, 0.5) is 0 Å². The number of hydrogen-bond acceptors (Lipinski definition) is 0. The van der Waals surface area contributed by atoms with Crippen molar-refractivity contribution in [2.24, 2.45) is 0 Å². The number of hydrogen-bond donors (Lipinski definition) is 0. The molecule has 0 aliphatic heterocycles. The molecule has 0 nitrogen and oxygen atoms in total. The Labute approximate surface area is 65.1 Å². The number of allylic oxidation sites excluding steroid dienone is 1. The molecule has 50 valence electrons. The zero-order valence-electron chi connectivity index (χ0n) is 5.54. The van der Waals surface area contributed by atoms with E-state index in [1.807, 2.05) is 20.8 Å². The Morgan fingerprint density at radius 3 is 1.75 bits per heavy atom. The highest BCUT2D eigenvalue weighted by molar-refractivity contribution is 9.09. The van der Waals surface area contributed by atoms with Crippen LogP contribution < -0.4 is 0 Å². The van der Waals surface area contributed by atoms with Crippen molar-refractivity contribution >= 4 is 27.5 Å². The quantitative estimate of drug-likeness (QED) is 0.524. The van der Waals surface area contributed by atoms with Crippen LogP contribution in [0.3, 0.4) is 0 Å². The van der Waals surface area contributed by atoms with E-state index in [9.17, 15) is 0 Å². The summed E-state index contributed by atoms with van der Waals surface area (Å²) in [5, 5.41) is 1.06.